The molecule has 1 aliphatic heterocycles. The fourth-order valence-corrected chi connectivity index (χ4v) is 3.65. The molecule has 0 spiro atoms. The average molecular weight is 389 g/mol. The summed E-state index contributed by atoms with van der Waals surface area (Å²) in [5, 5.41) is 9.44. The topological polar surface area (TPSA) is 79.9 Å². The number of morpholine rings is 1. The van der Waals surface area contributed by atoms with Gasteiger partial charge in [-0.15, -0.1) is 0 Å². The van der Waals surface area contributed by atoms with E-state index in [1.54, 1.807) is 42.7 Å². The van der Waals surface area contributed by atoms with E-state index in [9.17, 15) is 9.59 Å². The van der Waals surface area contributed by atoms with Crippen LogP contribution in [0.1, 0.15) is 11.6 Å². The van der Waals surface area contributed by atoms with Crippen molar-refractivity contribution in [3.05, 3.63) is 46.7 Å². The Kier molecular flexibility index (Phi) is 6.80. The zero-order valence-corrected chi connectivity index (χ0v) is 16.0. The summed E-state index contributed by atoms with van der Waals surface area (Å²) in [6.45, 7) is 3.31. The Labute approximate surface area is 162 Å². The SMILES string of the molecule is COc1ccc(NC(=O)C(=O)NC[C@H](c2ccsc2)N2CCOCC2)cc1. The van der Waals surface area contributed by atoms with E-state index in [1.165, 1.54) is 0 Å². The maximum atomic E-state index is 12.2. The molecule has 3 rings (SSSR count). The molecule has 7 nitrogen and oxygen atoms in total. The lowest BCUT2D eigenvalue weighted by molar-refractivity contribution is -0.136. The number of thiophene rings is 1. The van der Waals surface area contributed by atoms with Crippen LogP contribution in [0.15, 0.2) is 41.1 Å². The molecule has 2 aromatic rings. The monoisotopic (exact) mass is 389 g/mol. The van der Waals surface area contributed by atoms with E-state index in [-0.39, 0.29) is 6.04 Å². The molecule has 2 amide bonds. The van der Waals surface area contributed by atoms with E-state index in [1.807, 2.05) is 11.4 Å². The van der Waals surface area contributed by atoms with Gasteiger partial charge in [-0.25, -0.2) is 0 Å². The van der Waals surface area contributed by atoms with E-state index in [0.29, 0.717) is 31.2 Å². The molecule has 0 bridgehead atoms. The fraction of sp³-hybridized carbons (Fsp3) is 0.368. The predicted octanol–water partition coefficient (Wildman–Crippen LogP) is 1.88. The second-order valence-corrected chi connectivity index (χ2v) is 6.89. The van der Waals surface area contributed by atoms with Crippen molar-refractivity contribution >= 4 is 28.8 Å². The molecule has 1 saturated heterocycles. The Morgan fingerprint density at radius 3 is 2.56 bits per heavy atom. The summed E-state index contributed by atoms with van der Waals surface area (Å²) in [5.41, 5.74) is 1.68. The molecule has 2 N–H and O–H groups in total. The lowest BCUT2D eigenvalue weighted by atomic mass is 10.1. The first-order chi connectivity index (χ1) is 13.2. The number of carbonyl (C=O) groups is 2. The molecule has 8 heteroatoms. The van der Waals surface area contributed by atoms with Crippen molar-refractivity contribution in [3.63, 3.8) is 0 Å². The number of amides is 2. The summed E-state index contributed by atoms with van der Waals surface area (Å²) in [7, 11) is 1.57. The number of benzene rings is 1. The maximum absolute atomic E-state index is 12.2. The van der Waals surface area contributed by atoms with Gasteiger partial charge >= 0.3 is 11.8 Å². The number of carbonyl (C=O) groups excluding carboxylic acids is 2. The molecule has 0 unspecified atom stereocenters. The van der Waals surface area contributed by atoms with E-state index in [2.05, 4.69) is 20.9 Å². The first kappa shape index (κ1) is 19.3. The minimum atomic E-state index is -0.689. The van der Waals surface area contributed by atoms with Gasteiger partial charge in [-0.1, -0.05) is 0 Å². The van der Waals surface area contributed by atoms with Gasteiger partial charge in [0.05, 0.1) is 26.4 Å². The summed E-state index contributed by atoms with van der Waals surface area (Å²) < 4.78 is 10.5. The molecular formula is C19H23N3O4S. The Morgan fingerprint density at radius 2 is 1.93 bits per heavy atom. The van der Waals surface area contributed by atoms with Gasteiger partial charge in [0, 0.05) is 25.3 Å². The molecule has 1 fully saturated rings. The highest BCUT2D eigenvalue weighted by molar-refractivity contribution is 7.08. The van der Waals surface area contributed by atoms with Crippen molar-refractivity contribution in [1.82, 2.24) is 10.2 Å². The van der Waals surface area contributed by atoms with Crippen molar-refractivity contribution in [3.8, 4) is 5.75 Å². The van der Waals surface area contributed by atoms with Gasteiger partial charge in [-0.05, 0) is 46.7 Å². The Balaban J connectivity index is 1.57. The molecule has 0 saturated carbocycles. The zero-order chi connectivity index (χ0) is 19.1. The van der Waals surface area contributed by atoms with E-state index in [0.717, 1.165) is 18.7 Å². The standard InChI is InChI=1S/C19H23N3O4S/c1-25-16-4-2-15(3-5-16)21-19(24)18(23)20-12-17(14-6-11-27-13-14)22-7-9-26-10-8-22/h2-6,11,13,17H,7-10,12H2,1H3,(H,20,23)(H,21,24)/t17-/m1/s1. The molecule has 1 aromatic carbocycles. The number of anilines is 1. The summed E-state index contributed by atoms with van der Waals surface area (Å²) in [5.74, 6) is -0.660. The van der Waals surface area contributed by atoms with Crippen molar-refractivity contribution in [2.45, 2.75) is 6.04 Å². The van der Waals surface area contributed by atoms with Crippen LogP contribution in [-0.4, -0.2) is 56.7 Å². The molecule has 2 heterocycles. The minimum Gasteiger partial charge on any atom is -0.497 e. The zero-order valence-electron chi connectivity index (χ0n) is 15.1. The largest absolute Gasteiger partial charge is 0.497 e. The van der Waals surface area contributed by atoms with Gasteiger partial charge in [0.2, 0.25) is 0 Å². The average Bonchev–Trinajstić information content (AvgIpc) is 3.24. The first-order valence-corrected chi connectivity index (χ1v) is 9.69. The van der Waals surface area contributed by atoms with E-state index in [4.69, 9.17) is 9.47 Å². The van der Waals surface area contributed by atoms with Gasteiger partial charge < -0.3 is 20.1 Å². The van der Waals surface area contributed by atoms with Crippen LogP contribution in [0.3, 0.4) is 0 Å². The van der Waals surface area contributed by atoms with Gasteiger partial charge in [0.25, 0.3) is 0 Å². The van der Waals surface area contributed by atoms with Crippen LogP contribution in [0, 0.1) is 0 Å². The van der Waals surface area contributed by atoms with Crippen LogP contribution in [0.5, 0.6) is 5.75 Å². The second-order valence-electron chi connectivity index (χ2n) is 6.11. The molecule has 0 radical (unpaired) electrons. The van der Waals surface area contributed by atoms with Crippen molar-refractivity contribution in [1.29, 1.82) is 0 Å². The summed E-state index contributed by atoms with van der Waals surface area (Å²) >= 11 is 1.62. The summed E-state index contributed by atoms with van der Waals surface area (Å²) in [6.07, 6.45) is 0. The minimum absolute atomic E-state index is 0.0258. The van der Waals surface area contributed by atoms with Gasteiger partial charge in [0.15, 0.2) is 0 Å². The smallest absolute Gasteiger partial charge is 0.313 e. The number of methoxy groups -OCH3 is 1. The lowest BCUT2D eigenvalue weighted by Crippen LogP contribution is -2.45. The third-order valence-electron chi connectivity index (χ3n) is 4.42. The van der Waals surface area contributed by atoms with Crippen molar-refractivity contribution in [2.75, 3.05) is 45.3 Å². The Morgan fingerprint density at radius 1 is 1.19 bits per heavy atom. The fourth-order valence-electron chi connectivity index (χ4n) is 2.94. The maximum Gasteiger partial charge on any atom is 0.313 e. The van der Waals surface area contributed by atoms with E-state index < -0.39 is 11.8 Å². The first-order valence-electron chi connectivity index (χ1n) is 8.74. The molecule has 27 heavy (non-hydrogen) atoms. The molecule has 144 valence electrons. The highest BCUT2D eigenvalue weighted by Crippen LogP contribution is 2.23. The Hall–Kier alpha value is -2.42. The quantitative estimate of drug-likeness (QED) is 0.738. The van der Waals surface area contributed by atoms with Crippen molar-refractivity contribution in [2.24, 2.45) is 0 Å². The number of hydrogen-bond donors (Lipinski definition) is 2. The molecule has 1 aromatic heterocycles. The number of ether oxygens (including phenoxy) is 2. The van der Waals surface area contributed by atoms with E-state index >= 15 is 0 Å². The molecule has 1 atom stereocenters. The normalized spacial score (nSPS) is 15.7. The van der Waals surface area contributed by atoms with Crippen molar-refractivity contribution < 1.29 is 19.1 Å². The highest BCUT2D eigenvalue weighted by atomic mass is 32.1. The predicted molar refractivity (Wildman–Crippen MR) is 104 cm³/mol. The number of nitrogens with one attached hydrogen (secondary N) is 2. The summed E-state index contributed by atoms with van der Waals surface area (Å²) in [4.78, 5) is 26.7. The van der Waals surface area contributed by atoms with Crippen LogP contribution in [0.25, 0.3) is 0 Å². The third-order valence-corrected chi connectivity index (χ3v) is 5.13. The number of nitrogens with zero attached hydrogens (tertiary/aromatic N) is 1. The van der Waals surface area contributed by atoms with Crippen LogP contribution in [0.2, 0.25) is 0 Å². The molecular weight excluding hydrogens is 366 g/mol. The van der Waals surface area contributed by atoms with Crippen LogP contribution >= 0.6 is 11.3 Å². The Bertz CT molecular complexity index is 743. The molecule has 0 aliphatic carbocycles. The third kappa shape index (κ3) is 5.29. The van der Waals surface area contributed by atoms with Gasteiger partial charge in [0.1, 0.15) is 5.75 Å². The number of rotatable bonds is 6. The molecule has 1 aliphatic rings. The van der Waals surface area contributed by atoms with Crippen LogP contribution < -0.4 is 15.4 Å². The summed E-state index contributed by atoms with van der Waals surface area (Å²) in [6, 6.07) is 8.89. The second kappa shape index (κ2) is 9.50. The lowest BCUT2D eigenvalue weighted by Gasteiger charge is -2.34. The van der Waals surface area contributed by atoms with Crippen LogP contribution in [0.4, 0.5) is 5.69 Å². The highest BCUT2D eigenvalue weighted by Gasteiger charge is 2.24. The van der Waals surface area contributed by atoms with Gasteiger partial charge in [-0.3, -0.25) is 14.5 Å². The number of hydrogen-bond acceptors (Lipinski definition) is 6. The van der Waals surface area contributed by atoms with Crippen LogP contribution in [-0.2, 0) is 14.3 Å². The van der Waals surface area contributed by atoms with Gasteiger partial charge in [-0.2, -0.15) is 11.3 Å².